The van der Waals surface area contributed by atoms with Crippen LogP contribution >= 0.6 is 0 Å². The first-order valence-electron chi connectivity index (χ1n) is 7.19. The Morgan fingerprint density at radius 1 is 0.944 bits per heavy atom. The molecule has 0 aliphatic carbocycles. The molecule has 0 saturated heterocycles. The summed E-state index contributed by atoms with van der Waals surface area (Å²) in [6.45, 7) is 15.9. The Balaban J connectivity index is 0. The van der Waals surface area contributed by atoms with E-state index in [9.17, 15) is 4.79 Å². The van der Waals surface area contributed by atoms with Crippen molar-refractivity contribution in [3.05, 3.63) is 0 Å². The van der Waals surface area contributed by atoms with Gasteiger partial charge in [0.15, 0.2) is 0 Å². The molecule has 0 rings (SSSR count). The van der Waals surface area contributed by atoms with E-state index < -0.39 is 11.4 Å². The minimum atomic E-state index is -0.757. The second kappa shape index (κ2) is 9.37. The van der Waals surface area contributed by atoms with Crippen LogP contribution in [0.2, 0.25) is 0 Å². The van der Waals surface area contributed by atoms with Crippen molar-refractivity contribution < 1.29 is 14.4 Å². The average molecular weight is 260 g/mol. The van der Waals surface area contributed by atoms with Crippen molar-refractivity contribution in [2.45, 2.75) is 60.8 Å². The van der Waals surface area contributed by atoms with E-state index in [1.807, 2.05) is 0 Å². The number of nitrogens with zero attached hydrogens (tertiary/aromatic N) is 1. The van der Waals surface area contributed by atoms with Crippen molar-refractivity contribution >= 4 is 5.97 Å². The Hall–Kier alpha value is -0.570. The summed E-state index contributed by atoms with van der Waals surface area (Å²) in [6, 6.07) is 0. The summed E-state index contributed by atoms with van der Waals surface area (Å²) < 4.78 is 1.28. The first kappa shape index (κ1) is 19.8. The zero-order valence-corrected chi connectivity index (χ0v) is 13.5. The maximum absolute atomic E-state index is 10.0. The van der Waals surface area contributed by atoms with Crippen LogP contribution in [0, 0.1) is 5.41 Å². The lowest BCUT2D eigenvalue weighted by molar-refractivity contribution is -0.909. The number of hydrogen-bond acceptors (Lipinski definition) is 1. The summed E-state index contributed by atoms with van der Waals surface area (Å²) in [5.74, 6) is -0.757. The van der Waals surface area contributed by atoms with Crippen LogP contribution in [-0.4, -0.2) is 42.2 Å². The molecular formula is C15H34NO2+. The van der Waals surface area contributed by atoms with Crippen LogP contribution in [0.25, 0.3) is 0 Å². The van der Waals surface area contributed by atoms with E-state index in [1.54, 1.807) is 20.8 Å². The molecule has 0 unspecified atom stereocenters. The molecule has 1 N–H and O–H groups in total. The molecule has 110 valence electrons. The summed E-state index contributed by atoms with van der Waals surface area (Å²) in [7, 11) is 2.39. The van der Waals surface area contributed by atoms with Crippen molar-refractivity contribution in [3.63, 3.8) is 0 Å². The lowest BCUT2D eigenvalue weighted by Gasteiger charge is -2.33. The van der Waals surface area contributed by atoms with Gasteiger partial charge in [0.25, 0.3) is 0 Å². The number of hydrogen-bond donors (Lipinski definition) is 1. The number of aliphatic carboxylic acids is 1. The molecule has 0 aromatic rings. The van der Waals surface area contributed by atoms with E-state index in [0.717, 1.165) is 0 Å². The van der Waals surface area contributed by atoms with Gasteiger partial charge in [0.1, 0.15) is 0 Å². The Labute approximate surface area is 114 Å². The molecule has 0 spiro atoms. The van der Waals surface area contributed by atoms with Gasteiger partial charge >= 0.3 is 5.97 Å². The minimum absolute atomic E-state index is 0.583. The first-order chi connectivity index (χ1) is 8.13. The molecule has 3 nitrogen and oxygen atoms in total. The summed E-state index contributed by atoms with van der Waals surface area (Å²) in [6.07, 6.45) is 3.95. The van der Waals surface area contributed by atoms with Crippen molar-refractivity contribution in [2.75, 3.05) is 26.7 Å². The molecule has 0 atom stereocenters. The first-order valence-corrected chi connectivity index (χ1v) is 7.19. The van der Waals surface area contributed by atoms with E-state index in [-0.39, 0.29) is 0 Å². The number of quaternary nitrogens is 1. The lowest BCUT2D eigenvalue weighted by Crippen LogP contribution is -2.45. The molecule has 0 aliphatic rings. The van der Waals surface area contributed by atoms with E-state index in [2.05, 4.69) is 27.8 Å². The zero-order chi connectivity index (χ0) is 14.8. The fourth-order valence-electron chi connectivity index (χ4n) is 1.95. The topological polar surface area (TPSA) is 37.3 Å². The van der Waals surface area contributed by atoms with Gasteiger partial charge in [-0.1, -0.05) is 20.8 Å². The van der Waals surface area contributed by atoms with Crippen LogP contribution in [0.4, 0.5) is 0 Å². The van der Waals surface area contributed by atoms with E-state index in [4.69, 9.17) is 5.11 Å². The monoisotopic (exact) mass is 260 g/mol. The lowest BCUT2D eigenvalue weighted by atomic mass is 9.98. The highest BCUT2D eigenvalue weighted by Gasteiger charge is 2.18. The van der Waals surface area contributed by atoms with Crippen LogP contribution in [-0.2, 0) is 4.79 Å². The molecule has 3 heteroatoms. The second-order valence-electron chi connectivity index (χ2n) is 6.35. The third-order valence-electron chi connectivity index (χ3n) is 2.93. The summed E-state index contributed by atoms with van der Waals surface area (Å²) >= 11 is 0. The van der Waals surface area contributed by atoms with Gasteiger partial charge in [-0.25, -0.2) is 0 Å². The average Bonchev–Trinajstić information content (AvgIpc) is 2.17. The predicted molar refractivity (Wildman–Crippen MR) is 78.7 cm³/mol. The summed E-state index contributed by atoms with van der Waals surface area (Å²) in [4.78, 5) is 10.0. The molecule has 0 bridgehead atoms. The molecule has 0 saturated carbocycles. The SMILES string of the molecule is CC(C)(C)C(=O)O.CCC[N+](C)(CCC)CCC. The number of rotatable bonds is 6. The molecule has 0 fully saturated rings. The smallest absolute Gasteiger partial charge is 0.308 e. The van der Waals surface area contributed by atoms with Crippen LogP contribution in [0.15, 0.2) is 0 Å². The van der Waals surface area contributed by atoms with Crippen LogP contribution in [0.1, 0.15) is 60.8 Å². The highest BCUT2D eigenvalue weighted by atomic mass is 16.4. The summed E-state index contributed by atoms with van der Waals surface area (Å²) in [5, 5.41) is 8.25. The van der Waals surface area contributed by atoms with Gasteiger partial charge < -0.3 is 9.59 Å². The van der Waals surface area contributed by atoms with Crippen molar-refractivity contribution in [2.24, 2.45) is 5.41 Å². The molecular weight excluding hydrogens is 226 g/mol. The quantitative estimate of drug-likeness (QED) is 0.738. The molecule has 0 amide bonds. The highest BCUT2D eigenvalue weighted by Crippen LogP contribution is 2.11. The largest absolute Gasteiger partial charge is 0.481 e. The Kier molecular flexibility index (Phi) is 10.3. The highest BCUT2D eigenvalue weighted by molar-refractivity contribution is 5.72. The normalized spacial score (nSPS) is 11.7. The number of carbonyl (C=O) groups is 1. The van der Waals surface area contributed by atoms with Crippen molar-refractivity contribution in [1.82, 2.24) is 0 Å². The number of carboxylic acid groups (broad SMARTS) is 1. The van der Waals surface area contributed by atoms with Crippen LogP contribution in [0.5, 0.6) is 0 Å². The fraction of sp³-hybridized carbons (Fsp3) is 0.933. The van der Waals surface area contributed by atoms with Crippen molar-refractivity contribution in [1.29, 1.82) is 0 Å². The molecule has 0 radical (unpaired) electrons. The van der Waals surface area contributed by atoms with E-state index in [0.29, 0.717) is 0 Å². The van der Waals surface area contributed by atoms with Gasteiger partial charge in [0.05, 0.1) is 32.1 Å². The number of carboxylic acids is 1. The third kappa shape index (κ3) is 10.6. The van der Waals surface area contributed by atoms with Gasteiger partial charge in [-0.3, -0.25) is 4.79 Å². The van der Waals surface area contributed by atoms with E-state index in [1.165, 1.54) is 43.4 Å². The molecule has 18 heavy (non-hydrogen) atoms. The molecule has 0 aromatic carbocycles. The van der Waals surface area contributed by atoms with Crippen LogP contribution in [0.3, 0.4) is 0 Å². The standard InChI is InChI=1S/C10H24N.C5H10O2/c1-5-8-11(4,9-6-2)10-7-3;1-5(2,3)4(6)7/h5-10H2,1-4H3;1-3H3,(H,6,7)/q+1;. The van der Waals surface area contributed by atoms with Gasteiger partial charge in [-0.15, -0.1) is 0 Å². The molecule has 0 heterocycles. The Morgan fingerprint density at radius 3 is 1.28 bits per heavy atom. The second-order valence-corrected chi connectivity index (χ2v) is 6.35. The van der Waals surface area contributed by atoms with Gasteiger partial charge in [-0.2, -0.15) is 0 Å². The van der Waals surface area contributed by atoms with Crippen LogP contribution < -0.4 is 0 Å². The zero-order valence-electron chi connectivity index (χ0n) is 13.5. The molecule has 0 aliphatic heterocycles. The van der Waals surface area contributed by atoms with Crippen molar-refractivity contribution in [3.8, 4) is 0 Å². The summed E-state index contributed by atoms with van der Waals surface area (Å²) in [5.41, 5.74) is -0.583. The maximum atomic E-state index is 10.0. The Bertz CT molecular complexity index is 202. The van der Waals surface area contributed by atoms with Gasteiger partial charge in [-0.05, 0) is 40.0 Å². The fourth-order valence-corrected chi connectivity index (χ4v) is 1.95. The van der Waals surface area contributed by atoms with Gasteiger partial charge in [0.2, 0.25) is 0 Å². The van der Waals surface area contributed by atoms with E-state index >= 15 is 0 Å². The minimum Gasteiger partial charge on any atom is -0.481 e. The predicted octanol–water partition coefficient (Wildman–Crippen LogP) is 3.78. The third-order valence-corrected chi connectivity index (χ3v) is 2.93. The molecule has 0 aromatic heterocycles. The van der Waals surface area contributed by atoms with Gasteiger partial charge in [0, 0.05) is 0 Å². The maximum Gasteiger partial charge on any atom is 0.308 e. The Morgan fingerprint density at radius 2 is 1.17 bits per heavy atom.